The minimum absolute atomic E-state index is 0.109. The minimum Gasteiger partial charge on any atom is -0.397 e. The largest absolute Gasteiger partial charge is 0.397 e. The Balaban J connectivity index is 2.01. The van der Waals surface area contributed by atoms with Gasteiger partial charge in [0.05, 0.1) is 17.9 Å². The van der Waals surface area contributed by atoms with E-state index in [-0.39, 0.29) is 18.3 Å². The number of amides is 1. The highest BCUT2D eigenvalue weighted by Gasteiger charge is 2.10. The summed E-state index contributed by atoms with van der Waals surface area (Å²) in [6.45, 7) is 0.109. The number of likely N-dealkylation sites (N-methyl/N-ethyl adjacent to an activating group) is 1. The molecule has 1 amide bonds. The smallest absolute Gasteiger partial charge is 0.243 e. The van der Waals surface area contributed by atoms with Gasteiger partial charge < -0.3 is 16.0 Å². The third kappa shape index (κ3) is 4.10. The van der Waals surface area contributed by atoms with E-state index < -0.39 is 0 Å². The summed E-state index contributed by atoms with van der Waals surface area (Å²) in [4.78, 5) is 13.7. The van der Waals surface area contributed by atoms with Gasteiger partial charge in [-0.15, -0.1) is 0 Å². The molecule has 2 rings (SSSR count). The number of carbonyl (C=O) groups is 1. The van der Waals surface area contributed by atoms with Gasteiger partial charge in [-0.25, -0.2) is 4.39 Å². The van der Waals surface area contributed by atoms with E-state index in [1.807, 2.05) is 0 Å². The van der Waals surface area contributed by atoms with Crippen molar-refractivity contribution in [2.75, 3.05) is 29.5 Å². The fourth-order valence-corrected chi connectivity index (χ4v) is 2.00. The maximum absolute atomic E-state index is 12.9. The Labute approximate surface area is 127 Å². The van der Waals surface area contributed by atoms with Crippen LogP contribution < -0.4 is 16.0 Å². The number of carbonyl (C=O) groups excluding carboxylic acids is 1. The molecule has 6 heteroatoms. The summed E-state index contributed by atoms with van der Waals surface area (Å²) >= 11 is 5.86. The topological polar surface area (TPSA) is 58.4 Å². The summed E-state index contributed by atoms with van der Waals surface area (Å²) in [5.41, 5.74) is 7.42. The van der Waals surface area contributed by atoms with Crippen LogP contribution in [0.25, 0.3) is 0 Å². The van der Waals surface area contributed by atoms with Crippen LogP contribution in [-0.4, -0.2) is 19.5 Å². The quantitative estimate of drug-likeness (QED) is 0.853. The molecule has 0 bridgehead atoms. The molecule has 0 aliphatic rings. The molecule has 4 nitrogen and oxygen atoms in total. The van der Waals surface area contributed by atoms with Gasteiger partial charge in [-0.3, -0.25) is 4.79 Å². The van der Waals surface area contributed by atoms with Crippen LogP contribution in [0.5, 0.6) is 0 Å². The molecule has 0 aliphatic heterocycles. The Morgan fingerprint density at radius 2 is 1.95 bits per heavy atom. The van der Waals surface area contributed by atoms with Crippen LogP contribution >= 0.6 is 11.6 Å². The predicted octanol–water partition coefficient (Wildman–Crippen LogP) is 3.14. The Kier molecular flexibility index (Phi) is 4.65. The number of nitrogens with two attached hydrogens (primary N) is 1. The predicted molar refractivity (Wildman–Crippen MR) is 84.2 cm³/mol. The molecule has 0 aromatic heterocycles. The van der Waals surface area contributed by atoms with Gasteiger partial charge in [0.1, 0.15) is 5.82 Å². The van der Waals surface area contributed by atoms with Gasteiger partial charge in [0.2, 0.25) is 5.91 Å². The van der Waals surface area contributed by atoms with E-state index in [4.69, 9.17) is 17.3 Å². The van der Waals surface area contributed by atoms with Crippen molar-refractivity contribution in [1.82, 2.24) is 0 Å². The van der Waals surface area contributed by atoms with Gasteiger partial charge in [0.25, 0.3) is 0 Å². The highest BCUT2D eigenvalue weighted by Crippen LogP contribution is 2.23. The number of anilines is 3. The van der Waals surface area contributed by atoms with Gasteiger partial charge in [-0.1, -0.05) is 11.6 Å². The zero-order chi connectivity index (χ0) is 15.4. The molecule has 0 aliphatic carbocycles. The number of rotatable bonds is 4. The first kappa shape index (κ1) is 15.1. The van der Waals surface area contributed by atoms with Gasteiger partial charge in [0.15, 0.2) is 0 Å². The highest BCUT2D eigenvalue weighted by molar-refractivity contribution is 6.31. The van der Waals surface area contributed by atoms with Crippen LogP contribution in [-0.2, 0) is 4.79 Å². The van der Waals surface area contributed by atoms with E-state index in [0.717, 1.165) is 5.69 Å². The molecular weight excluding hydrogens is 293 g/mol. The molecule has 110 valence electrons. The molecule has 2 aromatic carbocycles. The maximum Gasteiger partial charge on any atom is 0.243 e. The summed E-state index contributed by atoms with van der Waals surface area (Å²) < 4.78 is 12.9. The van der Waals surface area contributed by atoms with Gasteiger partial charge in [-0.2, -0.15) is 0 Å². The Morgan fingerprint density at radius 1 is 1.29 bits per heavy atom. The Hall–Kier alpha value is -2.27. The van der Waals surface area contributed by atoms with Crippen LogP contribution in [0.3, 0.4) is 0 Å². The van der Waals surface area contributed by atoms with Crippen LogP contribution in [0, 0.1) is 5.82 Å². The summed E-state index contributed by atoms with van der Waals surface area (Å²) in [7, 11) is 1.74. The molecule has 0 radical (unpaired) electrons. The normalized spacial score (nSPS) is 10.2. The van der Waals surface area contributed by atoms with Crippen molar-refractivity contribution in [2.45, 2.75) is 0 Å². The van der Waals surface area contributed by atoms with E-state index in [9.17, 15) is 9.18 Å². The van der Waals surface area contributed by atoms with Crippen LogP contribution in [0.4, 0.5) is 21.5 Å². The van der Waals surface area contributed by atoms with Crippen LogP contribution in [0.15, 0.2) is 42.5 Å². The number of nitrogens with one attached hydrogen (secondary N) is 1. The summed E-state index contributed by atoms with van der Waals surface area (Å²) in [5, 5.41) is 3.19. The molecule has 2 aromatic rings. The second-order valence-corrected chi connectivity index (χ2v) is 5.05. The lowest BCUT2D eigenvalue weighted by Gasteiger charge is -2.19. The molecular formula is C15H15ClFN3O. The first-order valence-electron chi connectivity index (χ1n) is 6.27. The lowest BCUT2D eigenvalue weighted by molar-refractivity contribution is -0.114. The van der Waals surface area contributed by atoms with Crippen molar-refractivity contribution < 1.29 is 9.18 Å². The fraction of sp³-hybridized carbons (Fsp3) is 0.133. The average Bonchev–Trinajstić information content (AvgIpc) is 2.43. The number of nitrogens with zero attached hydrogens (tertiary/aromatic N) is 1. The molecule has 21 heavy (non-hydrogen) atoms. The fourth-order valence-electron chi connectivity index (χ4n) is 1.83. The molecule has 3 N–H and O–H groups in total. The van der Waals surface area contributed by atoms with E-state index in [2.05, 4.69) is 5.32 Å². The van der Waals surface area contributed by atoms with Crippen molar-refractivity contribution in [3.05, 3.63) is 53.3 Å². The number of hydrogen-bond donors (Lipinski definition) is 2. The zero-order valence-corrected chi connectivity index (χ0v) is 12.2. The first-order valence-corrected chi connectivity index (χ1v) is 6.65. The zero-order valence-electron chi connectivity index (χ0n) is 11.4. The highest BCUT2D eigenvalue weighted by atomic mass is 35.5. The van der Waals surface area contributed by atoms with Crippen molar-refractivity contribution in [3.63, 3.8) is 0 Å². The van der Waals surface area contributed by atoms with E-state index in [1.54, 1.807) is 42.3 Å². The lowest BCUT2D eigenvalue weighted by atomic mass is 10.2. The second-order valence-electron chi connectivity index (χ2n) is 4.61. The van der Waals surface area contributed by atoms with E-state index in [1.165, 1.54) is 12.1 Å². The standard InChI is InChI=1S/C15H15ClFN3O/c1-20(12-5-3-11(17)4-6-12)9-15(21)19-14-8-10(16)2-7-13(14)18/h2-8H,9,18H2,1H3,(H,19,21). The van der Waals surface area contributed by atoms with Crippen molar-refractivity contribution >= 4 is 34.6 Å². The third-order valence-electron chi connectivity index (χ3n) is 2.94. The summed E-state index contributed by atoms with van der Waals surface area (Å²) in [6.07, 6.45) is 0. The third-order valence-corrected chi connectivity index (χ3v) is 3.17. The van der Waals surface area contributed by atoms with Crippen molar-refractivity contribution in [1.29, 1.82) is 0 Å². The first-order chi connectivity index (χ1) is 9.95. The molecule has 0 saturated carbocycles. The van der Waals surface area contributed by atoms with Crippen molar-refractivity contribution in [3.8, 4) is 0 Å². The SMILES string of the molecule is CN(CC(=O)Nc1cc(Cl)ccc1N)c1ccc(F)cc1. The maximum atomic E-state index is 12.9. The van der Waals surface area contributed by atoms with E-state index in [0.29, 0.717) is 16.4 Å². The molecule has 0 saturated heterocycles. The Bertz CT molecular complexity index is 646. The molecule has 0 fully saturated rings. The average molecular weight is 308 g/mol. The number of halogens is 2. The molecule has 0 spiro atoms. The van der Waals surface area contributed by atoms with E-state index >= 15 is 0 Å². The van der Waals surface area contributed by atoms with Crippen LogP contribution in [0.2, 0.25) is 5.02 Å². The molecule has 0 heterocycles. The Morgan fingerprint density at radius 3 is 2.62 bits per heavy atom. The molecule has 0 unspecified atom stereocenters. The monoisotopic (exact) mass is 307 g/mol. The van der Waals surface area contributed by atoms with Gasteiger partial charge in [-0.05, 0) is 42.5 Å². The molecule has 0 atom stereocenters. The number of hydrogen-bond acceptors (Lipinski definition) is 3. The minimum atomic E-state index is -0.316. The number of nitrogen functional groups attached to an aromatic ring is 1. The van der Waals surface area contributed by atoms with Crippen LogP contribution in [0.1, 0.15) is 0 Å². The summed E-state index contributed by atoms with van der Waals surface area (Å²) in [6, 6.07) is 10.8. The second kappa shape index (κ2) is 6.45. The summed E-state index contributed by atoms with van der Waals surface area (Å²) in [5.74, 6) is -0.556. The lowest BCUT2D eigenvalue weighted by Crippen LogP contribution is -2.30. The van der Waals surface area contributed by atoms with Gasteiger partial charge >= 0.3 is 0 Å². The number of benzene rings is 2. The van der Waals surface area contributed by atoms with Gasteiger partial charge in [0, 0.05) is 17.8 Å². The van der Waals surface area contributed by atoms with Crippen molar-refractivity contribution in [2.24, 2.45) is 0 Å².